The molecule has 6 N–H and O–H groups in total. The van der Waals surface area contributed by atoms with Crippen LogP contribution in [0.3, 0.4) is 0 Å². The van der Waals surface area contributed by atoms with Crippen LogP contribution >= 0.6 is 8.30 Å². The van der Waals surface area contributed by atoms with Crippen molar-refractivity contribution in [1.29, 1.82) is 0 Å². The minimum Gasteiger partial charge on any atom is -0.456 e. The molecule has 1 atom stereocenters. The fourth-order valence-electron chi connectivity index (χ4n) is 2.31. The summed E-state index contributed by atoms with van der Waals surface area (Å²) in [5, 5.41) is 6.45. The van der Waals surface area contributed by atoms with E-state index in [1.165, 1.54) is 0 Å². The number of aromatic nitrogens is 2. The second kappa shape index (κ2) is 9.45. The third kappa shape index (κ3) is 6.02. The number of nitrogen functional groups attached to an aromatic ring is 1. The molecule has 1 aromatic heterocycles. The minimum absolute atomic E-state index is 0.177. The average molecular weight is 389 g/mol. The zero-order valence-corrected chi connectivity index (χ0v) is 15.9. The molecular formula is C17H24N7O2P. The van der Waals surface area contributed by atoms with Gasteiger partial charge in [-0.05, 0) is 31.7 Å². The molecular weight excluding hydrogens is 365 g/mol. The van der Waals surface area contributed by atoms with Gasteiger partial charge in [-0.2, -0.15) is 9.97 Å². The van der Waals surface area contributed by atoms with E-state index in [-0.39, 0.29) is 5.95 Å². The summed E-state index contributed by atoms with van der Waals surface area (Å²) in [5.74, 6) is 2.04. The molecule has 0 bridgehead atoms. The molecule has 0 radical (unpaired) electrons. The molecule has 1 saturated carbocycles. The number of nitrogens with one attached hydrogen (secondary N) is 2. The Labute approximate surface area is 159 Å². The van der Waals surface area contributed by atoms with Crippen LogP contribution in [0, 0.1) is 0 Å². The number of rotatable bonds is 11. The second-order valence-corrected chi connectivity index (χ2v) is 7.26. The first kappa shape index (κ1) is 19.3. The summed E-state index contributed by atoms with van der Waals surface area (Å²) < 4.78 is 11.2. The molecule has 1 unspecified atom stereocenters. The van der Waals surface area contributed by atoms with Gasteiger partial charge in [0.05, 0.1) is 6.61 Å². The van der Waals surface area contributed by atoms with Crippen molar-refractivity contribution in [1.82, 2.24) is 9.97 Å². The Morgan fingerprint density at radius 2 is 1.96 bits per heavy atom. The smallest absolute Gasteiger partial charge is 0.224 e. The third-order valence-electron chi connectivity index (χ3n) is 3.70. The standard InChI is InChI=1S/C17H24N7O2P/c1-20-14-15(23-17(18)24-16(14)22-12-7-8-12)21-9-10-25-11-27(19)26-13-5-3-2-4-6-13/h2-6,12H,1,7-11,19H2,(H4,18,21,22,23,24). The number of nitrogens with zero attached hydrogens (tertiary/aromatic N) is 3. The number of benzene rings is 1. The van der Waals surface area contributed by atoms with E-state index in [4.69, 9.17) is 20.5 Å². The van der Waals surface area contributed by atoms with Crippen molar-refractivity contribution in [2.24, 2.45) is 10.5 Å². The van der Waals surface area contributed by atoms with Gasteiger partial charge in [0.15, 0.2) is 19.9 Å². The summed E-state index contributed by atoms with van der Waals surface area (Å²) in [7, 11) is -1.18. The van der Waals surface area contributed by atoms with Gasteiger partial charge in [-0.15, -0.1) is 0 Å². The Bertz CT molecular complexity index is 758. The molecule has 1 fully saturated rings. The van der Waals surface area contributed by atoms with Gasteiger partial charge in [0, 0.05) is 12.6 Å². The highest BCUT2D eigenvalue weighted by molar-refractivity contribution is 7.50. The van der Waals surface area contributed by atoms with E-state index in [0.717, 1.165) is 18.6 Å². The zero-order chi connectivity index (χ0) is 19.1. The van der Waals surface area contributed by atoms with Gasteiger partial charge in [-0.3, -0.25) is 10.5 Å². The summed E-state index contributed by atoms with van der Waals surface area (Å²) in [6, 6.07) is 9.86. The number of hydrogen-bond acceptors (Lipinski definition) is 9. The van der Waals surface area contributed by atoms with Crippen LogP contribution < -0.4 is 26.4 Å². The Hall–Kier alpha value is -2.48. The van der Waals surface area contributed by atoms with Crippen molar-refractivity contribution in [2.45, 2.75) is 18.9 Å². The fourth-order valence-corrected chi connectivity index (χ4v) is 3.06. The topological polar surface area (TPSA) is 133 Å². The van der Waals surface area contributed by atoms with Gasteiger partial charge in [-0.1, -0.05) is 18.2 Å². The summed E-state index contributed by atoms with van der Waals surface area (Å²) in [4.78, 5) is 12.4. The van der Waals surface area contributed by atoms with Crippen molar-refractivity contribution < 1.29 is 9.26 Å². The minimum atomic E-state index is -1.18. The summed E-state index contributed by atoms with van der Waals surface area (Å²) in [6.07, 6.45) is 2.56. The first-order chi connectivity index (χ1) is 13.2. The molecule has 10 heteroatoms. The van der Waals surface area contributed by atoms with Crippen LogP contribution in [0.1, 0.15) is 12.8 Å². The van der Waals surface area contributed by atoms with Gasteiger partial charge in [-0.25, -0.2) is 0 Å². The summed E-state index contributed by atoms with van der Waals surface area (Å²) in [6.45, 7) is 4.55. The molecule has 0 amide bonds. The van der Waals surface area contributed by atoms with E-state index in [9.17, 15) is 0 Å². The molecule has 144 valence electrons. The van der Waals surface area contributed by atoms with E-state index in [1.807, 2.05) is 30.3 Å². The molecule has 3 rings (SSSR count). The van der Waals surface area contributed by atoms with E-state index < -0.39 is 8.30 Å². The molecule has 1 heterocycles. The Morgan fingerprint density at radius 3 is 2.67 bits per heavy atom. The van der Waals surface area contributed by atoms with Gasteiger partial charge in [0.25, 0.3) is 0 Å². The van der Waals surface area contributed by atoms with Crippen molar-refractivity contribution >= 4 is 38.3 Å². The lowest BCUT2D eigenvalue weighted by atomic mass is 10.3. The monoisotopic (exact) mass is 389 g/mol. The summed E-state index contributed by atoms with van der Waals surface area (Å²) >= 11 is 0. The lowest BCUT2D eigenvalue weighted by Gasteiger charge is -2.15. The maximum absolute atomic E-state index is 5.97. The van der Waals surface area contributed by atoms with Crippen LogP contribution in [0.25, 0.3) is 0 Å². The largest absolute Gasteiger partial charge is 0.456 e. The van der Waals surface area contributed by atoms with Crippen molar-refractivity contribution in [3.05, 3.63) is 30.3 Å². The van der Waals surface area contributed by atoms with Crippen molar-refractivity contribution in [3.8, 4) is 5.75 Å². The van der Waals surface area contributed by atoms with Gasteiger partial charge in [0.2, 0.25) is 5.95 Å². The van der Waals surface area contributed by atoms with Crippen LogP contribution in [0.15, 0.2) is 35.3 Å². The van der Waals surface area contributed by atoms with Crippen molar-refractivity contribution in [3.63, 3.8) is 0 Å². The third-order valence-corrected chi connectivity index (χ3v) is 4.58. The molecule has 1 aliphatic carbocycles. The molecule has 0 spiro atoms. The highest BCUT2D eigenvalue weighted by Crippen LogP contribution is 2.34. The maximum Gasteiger partial charge on any atom is 0.224 e. The SMILES string of the molecule is C=Nc1c(NCCOCP(N)Oc2ccccc2)nc(N)nc1NC1CC1. The predicted octanol–water partition coefficient (Wildman–Crippen LogP) is 2.70. The highest BCUT2D eigenvalue weighted by Gasteiger charge is 2.24. The number of para-hydroxylation sites is 1. The van der Waals surface area contributed by atoms with E-state index >= 15 is 0 Å². The first-order valence-corrected chi connectivity index (χ1v) is 10.1. The number of ether oxygens (including phenoxy) is 1. The second-order valence-electron chi connectivity index (χ2n) is 5.99. The average Bonchev–Trinajstić information content (AvgIpc) is 3.46. The number of hydrogen-bond donors (Lipinski definition) is 4. The molecule has 9 nitrogen and oxygen atoms in total. The molecule has 0 aliphatic heterocycles. The van der Waals surface area contributed by atoms with Crippen molar-refractivity contribution in [2.75, 3.05) is 35.9 Å². The number of anilines is 3. The van der Waals surface area contributed by atoms with Crippen LogP contribution in [-0.4, -0.2) is 42.2 Å². The van der Waals surface area contributed by atoms with E-state index in [0.29, 0.717) is 42.9 Å². The van der Waals surface area contributed by atoms with E-state index in [1.54, 1.807) is 0 Å². The molecule has 1 aliphatic rings. The Balaban J connectivity index is 1.44. The molecule has 0 saturated heterocycles. The molecule has 27 heavy (non-hydrogen) atoms. The predicted molar refractivity (Wildman–Crippen MR) is 110 cm³/mol. The van der Waals surface area contributed by atoms with Crippen LogP contribution in [0.4, 0.5) is 23.3 Å². The summed E-state index contributed by atoms with van der Waals surface area (Å²) in [5.41, 5.74) is 12.3. The quantitative estimate of drug-likeness (QED) is 0.262. The molecule has 1 aromatic carbocycles. The lowest BCUT2D eigenvalue weighted by Crippen LogP contribution is -2.14. The lowest BCUT2D eigenvalue weighted by molar-refractivity contribution is 0.187. The van der Waals surface area contributed by atoms with Crippen LogP contribution in [0.5, 0.6) is 5.75 Å². The van der Waals surface area contributed by atoms with Crippen LogP contribution in [0.2, 0.25) is 0 Å². The molecule has 2 aromatic rings. The normalized spacial score (nSPS) is 14.4. The zero-order valence-electron chi connectivity index (χ0n) is 15.0. The first-order valence-electron chi connectivity index (χ1n) is 8.63. The maximum atomic E-state index is 5.97. The van der Waals surface area contributed by atoms with Gasteiger partial charge >= 0.3 is 0 Å². The van der Waals surface area contributed by atoms with Crippen LogP contribution in [-0.2, 0) is 4.74 Å². The fraction of sp³-hybridized carbons (Fsp3) is 0.353. The Morgan fingerprint density at radius 1 is 1.22 bits per heavy atom. The Kier molecular flexibility index (Phi) is 6.75. The van der Waals surface area contributed by atoms with Gasteiger partial charge in [0.1, 0.15) is 17.8 Å². The number of nitrogens with two attached hydrogens (primary N) is 2. The number of aliphatic imine (C=N–C) groups is 1. The van der Waals surface area contributed by atoms with Gasteiger partial charge < -0.3 is 25.6 Å². The highest BCUT2D eigenvalue weighted by atomic mass is 31.2. The van der Waals surface area contributed by atoms with E-state index in [2.05, 4.69) is 32.3 Å².